The molecule has 2 unspecified atom stereocenters. The molecule has 1 aliphatic heterocycles. The highest BCUT2D eigenvalue weighted by Crippen LogP contribution is 2.24. The third kappa shape index (κ3) is 3.67. The molecule has 0 aromatic carbocycles. The number of carboxylic acids is 1. The number of likely N-dealkylation sites (tertiary alicyclic amines) is 1. The van der Waals surface area contributed by atoms with Gasteiger partial charge in [0.2, 0.25) is 0 Å². The Morgan fingerprint density at radius 1 is 1.61 bits per heavy atom. The summed E-state index contributed by atoms with van der Waals surface area (Å²) in [5.74, 6) is -0.795. The van der Waals surface area contributed by atoms with Crippen molar-refractivity contribution in [1.29, 1.82) is 0 Å². The van der Waals surface area contributed by atoms with Gasteiger partial charge in [0.15, 0.2) is 0 Å². The first-order valence-electron chi connectivity index (χ1n) is 6.55. The molecule has 18 heavy (non-hydrogen) atoms. The second-order valence-corrected chi connectivity index (χ2v) is 5.67. The molecule has 0 bridgehead atoms. The van der Waals surface area contributed by atoms with Gasteiger partial charge in [-0.05, 0) is 46.7 Å². The molecule has 0 aromatic heterocycles. The number of rotatable bonds is 6. The molecule has 2 atom stereocenters. The number of piperidine rings is 1. The zero-order valence-corrected chi connectivity index (χ0v) is 12.0. The van der Waals surface area contributed by atoms with Gasteiger partial charge in [-0.15, -0.1) is 0 Å². The number of hydrogen-bond acceptors (Lipinski definition) is 4. The normalized spacial score (nSPS) is 28.9. The summed E-state index contributed by atoms with van der Waals surface area (Å²) >= 11 is 0. The Labute approximate surface area is 109 Å². The summed E-state index contributed by atoms with van der Waals surface area (Å²) in [5.41, 5.74) is -0.932. The van der Waals surface area contributed by atoms with Gasteiger partial charge in [-0.1, -0.05) is 0 Å². The lowest BCUT2D eigenvalue weighted by Gasteiger charge is -2.40. The summed E-state index contributed by atoms with van der Waals surface area (Å²) in [6.07, 6.45) is 2.77. The molecule has 5 nitrogen and oxygen atoms in total. The van der Waals surface area contributed by atoms with Crippen molar-refractivity contribution < 1.29 is 14.6 Å². The number of methoxy groups -OCH3 is 1. The van der Waals surface area contributed by atoms with Gasteiger partial charge in [-0.2, -0.15) is 0 Å². The number of aliphatic carboxylic acids is 1. The maximum absolute atomic E-state index is 11.2. The molecule has 2 N–H and O–H groups in total. The SMILES string of the molecule is CNC(C)(CCN1CCCC(C)(OC)C1)C(=O)O. The fraction of sp³-hybridized carbons (Fsp3) is 0.923. The molecule has 1 rings (SSSR count). The van der Waals surface area contributed by atoms with Crippen molar-refractivity contribution >= 4 is 5.97 Å². The van der Waals surface area contributed by atoms with Crippen LogP contribution in [0.25, 0.3) is 0 Å². The topological polar surface area (TPSA) is 61.8 Å². The summed E-state index contributed by atoms with van der Waals surface area (Å²) in [6.45, 7) is 6.53. The van der Waals surface area contributed by atoms with Crippen LogP contribution in [0.2, 0.25) is 0 Å². The van der Waals surface area contributed by atoms with Crippen LogP contribution in [0.15, 0.2) is 0 Å². The van der Waals surface area contributed by atoms with Crippen molar-refractivity contribution in [3.63, 3.8) is 0 Å². The van der Waals surface area contributed by atoms with Crippen molar-refractivity contribution in [2.75, 3.05) is 33.8 Å². The summed E-state index contributed by atoms with van der Waals surface area (Å²) in [4.78, 5) is 13.5. The first-order chi connectivity index (χ1) is 8.35. The van der Waals surface area contributed by atoms with Crippen molar-refractivity contribution in [2.24, 2.45) is 0 Å². The molecule has 0 aromatic rings. The van der Waals surface area contributed by atoms with Crippen molar-refractivity contribution in [3.8, 4) is 0 Å². The van der Waals surface area contributed by atoms with E-state index in [0.29, 0.717) is 6.42 Å². The quantitative estimate of drug-likeness (QED) is 0.742. The lowest BCUT2D eigenvalue weighted by molar-refractivity contribution is -0.144. The van der Waals surface area contributed by atoms with Crippen molar-refractivity contribution in [2.45, 2.75) is 44.2 Å². The summed E-state index contributed by atoms with van der Waals surface area (Å²) in [6, 6.07) is 0. The Kier molecular flexibility index (Phi) is 5.13. The fourth-order valence-corrected chi connectivity index (χ4v) is 2.39. The molecule has 1 aliphatic rings. The minimum absolute atomic E-state index is 0.0858. The van der Waals surface area contributed by atoms with E-state index in [-0.39, 0.29) is 5.60 Å². The number of likely N-dealkylation sites (N-methyl/N-ethyl adjacent to an activating group) is 1. The molecule has 1 fully saturated rings. The highest BCUT2D eigenvalue weighted by Gasteiger charge is 2.34. The van der Waals surface area contributed by atoms with Gasteiger partial charge >= 0.3 is 5.97 Å². The average molecular weight is 258 g/mol. The molecular weight excluding hydrogens is 232 g/mol. The van der Waals surface area contributed by atoms with Crippen LogP contribution in [0.5, 0.6) is 0 Å². The highest BCUT2D eigenvalue weighted by atomic mass is 16.5. The molecule has 106 valence electrons. The molecule has 0 radical (unpaired) electrons. The van der Waals surface area contributed by atoms with E-state index in [4.69, 9.17) is 4.74 Å². The van der Waals surface area contributed by atoms with Crippen LogP contribution < -0.4 is 5.32 Å². The van der Waals surface area contributed by atoms with Crippen LogP contribution in [0.1, 0.15) is 33.1 Å². The van der Waals surface area contributed by atoms with Crippen LogP contribution in [0.3, 0.4) is 0 Å². The Balaban J connectivity index is 2.50. The van der Waals surface area contributed by atoms with E-state index in [1.54, 1.807) is 21.1 Å². The number of carbonyl (C=O) groups is 1. The average Bonchev–Trinajstić information content (AvgIpc) is 2.36. The predicted octanol–water partition coefficient (Wildman–Crippen LogP) is 0.940. The minimum atomic E-state index is -0.846. The zero-order chi connectivity index (χ0) is 13.8. The van der Waals surface area contributed by atoms with Gasteiger partial charge in [-0.3, -0.25) is 4.79 Å². The van der Waals surface area contributed by atoms with E-state index in [9.17, 15) is 9.90 Å². The molecule has 0 spiro atoms. The molecule has 0 aliphatic carbocycles. The first kappa shape index (κ1) is 15.4. The second kappa shape index (κ2) is 5.99. The standard InChI is InChI=1S/C13H26N2O3/c1-12(18-4)6-5-8-15(10-12)9-7-13(2,14-3)11(16)17/h14H,5-10H2,1-4H3,(H,16,17). The van der Waals surface area contributed by atoms with Crippen molar-refractivity contribution in [3.05, 3.63) is 0 Å². The van der Waals surface area contributed by atoms with Gasteiger partial charge in [0.1, 0.15) is 5.54 Å². The van der Waals surface area contributed by atoms with Crippen molar-refractivity contribution in [1.82, 2.24) is 10.2 Å². The smallest absolute Gasteiger partial charge is 0.323 e. The summed E-state index contributed by atoms with van der Waals surface area (Å²) in [5, 5.41) is 12.1. The van der Waals surface area contributed by atoms with Gasteiger partial charge in [0.25, 0.3) is 0 Å². The molecule has 1 saturated heterocycles. The van der Waals surface area contributed by atoms with E-state index in [1.807, 2.05) is 0 Å². The molecule has 0 saturated carbocycles. The second-order valence-electron chi connectivity index (χ2n) is 5.67. The monoisotopic (exact) mass is 258 g/mol. The van der Waals surface area contributed by atoms with Gasteiger partial charge in [0, 0.05) is 20.2 Å². The van der Waals surface area contributed by atoms with E-state index in [0.717, 1.165) is 32.5 Å². The number of hydrogen-bond donors (Lipinski definition) is 2. The maximum atomic E-state index is 11.2. The van der Waals surface area contributed by atoms with Crippen LogP contribution in [0.4, 0.5) is 0 Å². The van der Waals surface area contributed by atoms with Crippen LogP contribution >= 0.6 is 0 Å². The molecule has 0 amide bonds. The van der Waals surface area contributed by atoms with Gasteiger partial charge in [0.05, 0.1) is 5.60 Å². The largest absolute Gasteiger partial charge is 0.480 e. The number of ether oxygens (including phenoxy) is 1. The lowest BCUT2D eigenvalue weighted by atomic mass is 9.93. The van der Waals surface area contributed by atoms with E-state index >= 15 is 0 Å². The minimum Gasteiger partial charge on any atom is -0.480 e. The number of nitrogens with zero attached hydrogens (tertiary/aromatic N) is 1. The number of carboxylic acid groups (broad SMARTS) is 1. The first-order valence-corrected chi connectivity index (χ1v) is 6.55. The lowest BCUT2D eigenvalue weighted by Crippen LogP contribution is -2.52. The molecule has 5 heteroatoms. The van der Waals surface area contributed by atoms with E-state index in [2.05, 4.69) is 17.1 Å². The summed E-state index contributed by atoms with van der Waals surface area (Å²) < 4.78 is 5.54. The third-order valence-corrected chi connectivity index (χ3v) is 4.18. The number of nitrogens with one attached hydrogen (secondary N) is 1. The maximum Gasteiger partial charge on any atom is 0.323 e. The molecular formula is C13H26N2O3. The van der Waals surface area contributed by atoms with E-state index < -0.39 is 11.5 Å². The van der Waals surface area contributed by atoms with Crippen LogP contribution in [-0.4, -0.2) is 60.9 Å². The Morgan fingerprint density at radius 3 is 2.78 bits per heavy atom. The van der Waals surface area contributed by atoms with Gasteiger partial charge in [-0.25, -0.2) is 0 Å². The Bertz CT molecular complexity index is 298. The predicted molar refractivity (Wildman–Crippen MR) is 70.8 cm³/mol. The zero-order valence-electron chi connectivity index (χ0n) is 12.0. The Hall–Kier alpha value is -0.650. The molecule has 1 heterocycles. The van der Waals surface area contributed by atoms with Crippen LogP contribution in [0, 0.1) is 0 Å². The highest BCUT2D eigenvalue weighted by molar-refractivity contribution is 5.78. The van der Waals surface area contributed by atoms with Gasteiger partial charge < -0.3 is 20.1 Å². The fourth-order valence-electron chi connectivity index (χ4n) is 2.39. The Morgan fingerprint density at radius 2 is 2.28 bits per heavy atom. The third-order valence-electron chi connectivity index (χ3n) is 4.18. The van der Waals surface area contributed by atoms with Crippen LogP contribution in [-0.2, 0) is 9.53 Å². The van der Waals surface area contributed by atoms with E-state index in [1.165, 1.54) is 0 Å². The summed E-state index contributed by atoms with van der Waals surface area (Å²) in [7, 11) is 3.45.